The van der Waals surface area contributed by atoms with E-state index < -0.39 is 0 Å². The molecule has 1 aliphatic heterocycles. The molecule has 1 saturated heterocycles. The minimum atomic E-state index is 0. The first-order chi connectivity index (χ1) is 9.60. The molecule has 6 heteroatoms. The normalized spacial score (nSPS) is 15.9. The zero-order valence-corrected chi connectivity index (χ0v) is 14.3. The monoisotopic (exact) mass is 374 g/mol. The number of piperidine rings is 1. The van der Waals surface area contributed by atoms with Gasteiger partial charge in [-0.3, -0.25) is 4.79 Å². The molecule has 2 N–H and O–H groups in total. The number of methoxy groups -OCH3 is 1. The van der Waals surface area contributed by atoms with Crippen molar-refractivity contribution in [2.24, 2.45) is 5.73 Å². The fourth-order valence-electron chi connectivity index (χ4n) is 2.22. The Morgan fingerprint density at radius 1 is 1.43 bits per heavy atom. The average molecular weight is 376 g/mol. The van der Waals surface area contributed by atoms with Crippen LogP contribution in [0, 0.1) is 0 Å². The Morgan fingerprint density at radius 3 is 2.71 bits per heavy atom. The standard InChI is InChI=1S/C15H19BrN2O2.ClH/c1-20-14-4-3-12(16)10-11(14)2-5-15(19)18-8-6-13(17)7-9-18;/h2-5,10,13H,6-9,17H2,1H3;1H/b5-2+;. The molecule has 1 aromatic carbocycles. The molecule has 0 bridgehead atoms. The minimum absolute atomic E-state index is 0. The van der Waals surface area contributed by atoms with Gasteiger partial charge in [0, 0.05) is 35.2 Å². The summed E-state index contributed by atoms with van der Waals surface area (Å²) in [5.74, 6) is 0.775. The highest BCUT2D eigenvalue weighted by Gasteiger charge is 2.18. The van der Waals surface area contributed by atoms with Crippen molar-refractivity contribution in [2.45, 2.75) is 18.9 Å². The smallest absolute Gasteiger partial charge is 0.246 e. The first kappa shape index (κ1) is 18.0. The molecule has 1 aromatic rings. The highest BCUT2D eigenvalue weighted by Crippen LogP contribution is 2.24. The Kier molecular flexibility index (Phi) is 7.22. The van der Waals surface area contributed by atoms with E-state index in [0.29, 0.717) is 0 Å². The number of nitrogens with zero attached hydrogens (tertiary/aromatic N) is 1. The van der Waals surface area contributed by atoms with E-state index in [4.69, 9.17) is 10.5 Å². The lowest BCUT2D eigenvalue weighted by molar-refractivity contribution is -0.126. The van der Waals surface area contributed by atoms with Crippen molar-refractivity contribution < 1.29 is 9.53 Å². The van der Waals surface area contributed by atoms with Crippen LogP contribution in [-0.4, -0.2) is 37.0 Å². The van der Waals surface area contributed by atoms with Crippen LogP contribution in [0.1, 0.15) is 18.4 Å². The number of likely N-dealkylation sites (tertiary alicyclic amines) is 1. The molecule has 0 atom stereocenters. The summed E-state index contributed by atoms with van der Waals surface area (Å²) in [5, 5.41) is 0. The second-order valence-corrected chi connectivity index (χ2v) is 5.80. The van der Waals surface area contributed by atoms with Gasteiger partial charge in [-0.15, -0.1) is 12.4 Å². The molecular formula is C15H20BrClN2O2. The van der Waals surface area contributed by atoms with Gasteiger partial charge in [0.05, 0.1) is 7.11 Å². The summed E-state index contributed by atoms with van der Waals surface area (Å²) >= 11 is 3.42. The summed E-state index contributed by atoms with van der Waals surface area (Å²) < 4.78 is 6.23. The zero-order chi connectivity index (χ0) is 14.5. The van der Waals surface area contributed by atoms with Gasteiger partial charge in [0.15, 0.2) is 0 Å². The van der Waals surface area contributed by atoms with Gasteiger partial charge in [0.25, 0.3) is 0 Å². The molecule has 0 unspecified atom stereocenters. The van der Waals surface area contributed by atoms with Crippen LogP contribution in [0.4, 0.5) is 0 Å². The fourth-order valence-corrected chi connectivity index (χ4v) is 2.60. The molecule has 21 heavy (non-hydrogen) atoms. The van der Waals surface area contributed by atoms with E-state index in [1.54, 1.807) is 19.3 Å². The van der Waals surface area contributed by atoms with Crippen molar-refractivity contribution >= 4 is 40.3 Å². The number of rotatable bonds is 3. The number of amides is 1. The lowest BCUT2D eigenvalue weighted by Gasteiger charge is -2.29. The van der Waals surface area contributed by atoms with E-state index in [2.05, 4.69) is 15.9 Å². The number of nitrogens with two attached hydrogens (primary N) is 1. The van der Waals surface area contributed by atoms with Crippen LogP contribution in [-0.2, 0) is 4.79 Å². The maximum Gasteiger partial charge on any atom is 0.246 e. The third kappa shape index (κ3) is 5.02. The number of hydrogen-bond acceptors (Lipinski definition) is 3. The summed E-state index contributed by atoms with van der Waals surface area (Å²) in [6.07, 6.45) is 5.14. The third-order valence-electron chi connectivity index (χ3n) is 3.45. The van der Waals surface area contributed by atoms with E-state index >= 15 is 0 Å². The molecule has 4 nitrogen and oxygen atoms in total. The molecule has 0 aliphatic carbocycles. The van der Waals surface area contributed by atoms with Gasteiger partial charge in [-0.1, -0.05) is 15.9 Å². The number of benzene rings is 1. The van der Waals surface area contributed by atoms with Crippen molar-refractivity contribution in [1.82, 2.24) is 4.90 Å². The van der Waals surface area contributed by atoms with E-state index in [1.165, 1.54) is 0 Å². The van der Waals surface area contributed by atoms with Gasteiger partial charge in [0.1, 0.15) is 5.75 Å². The molecular weight excluding hydrogens is 356 g/mol. The molecule has 0 aromatic heterocycles. The second kappa shape index (κ2) is 8.41. The zero-order valence-electron chi connectivity index (χ0n) is 11.9. The molecule has 116 valence electrons. The number of carbonyl (C=O) groups excluding carboxylic acids is 1. The second-order valence-electron chi connectivity index (χ2n) is 4.88. The van der Waals surface area contributed by atoms with Crippen LogP contribution >= 0.6 is 28.3 Å². The maximum atomic E-state index is 12.1. The summed E-state index contributed by atoms with van der Waals surface area (Å²) in [6.45, 7) is 1.47. The highest BCUT2D eigenvalue weighted by molar-refractivity contribution is 9.10. The van der Waals surface area contributed by atoms with E-state index in [0.717, 1.165) is 41.7 Å². The van der Waals surface area contributed by atoms with Crippen LogP contribution in [0.25, 0.3) is 6.08 Å². The molecule has 1 aliphatic rings. The van der Waals surface area contributed by atoms with Crippen LogP contribution in [0.5, 0.6) is 5.75 Å². The Balaban J connectivity index is 0.00000220. The van der Waals surface area contributed by atoms with Crippen LogP contribution < -0.4 is 10.5 Å². The SMILES string of the molecule is COc1ccc(Br)cc1/C=C/C(=O)N1CCC(N)CC1.Cl. The predicted molar refractivity (Wildman–Crippen MR) is 90.8 cm³/mol. The molecule has 2 rings (SSSR count). The minimum Gasteiger partial charge on any atom is -0.496 e. The van der Waals surface area contributed by atoms with E-state index in [9.17, 15) is 4.79 Å². The quantitative estimate of drug-likeness (QED) is 0.827. The first-order valence-electron chi connectivity index (χ1n) is 6.66. The summed E-state index contributed by atoms with van der Waals surface area (Å²) in [4.78, 5) is 13.9. The molecule has 1 fully saturated rings. The van der Waals surface area contributed by atoms with Gasteiger partial charge in [-0.25, -0.2) is 0 Å². The highest BCUT2D eigenvalue weighted by atomic mass is 79.9. The van der Waals surface area contributed by atoms with Gasteiger partial charge in [0.2, 0.25) is 5.91 Å². The van der Waals surface area contributed by atoms with Crippen molar-refractivity contribution in [2.75, 3.05) is 20.2 Å². The summed E-state index contributed by atoms with van der Waals surface area (Å²) in [6, 6.07) is 5.93. The molecule has 1 heterocycles. The number of ether oxygens (including phenoxy) is 1. The Labute approximate surface area is 139 Å². The van der Waals surface area contributed by atoms with Gasteiger partial charge >= 0.3 is 0 Å². The van der Waals surface area contributed by atoms with E-state index in [1.807, 2.05) is 23.1 Å². The largest absolute Gasteiger partial charge is 0.496 e. The number of halogens is 2. The number of carbonyl (C=O) groups is 1. The van der Waals surface area contributed by atoms with Gasteiger partial charge in [-0.05, 0) is 37.1 Å². The average Bonchev–Trinajstić information content (AvgIpc) is 2.45. The molecule has 0 spiro atoms. The summed E-state index contributed by atoms with van der Waals surface area (Å²) in [5.41, 5.74) is 6.72. The lowest BCUT2D eigenvalue weighted by atomic mass is 10.1. The first-order valence-corrected chi connectivity index (χ1v) is 7.45. The van der Waals surface area contributed by atoms with E-state index in [-0.39, 0.29) is 24.4 Å². The topological polar surface area (TPSA) is 55.6 Å². The Morgan fingerprint density at radius 2 is 2.10 bits per heavy atom. The van der Waals surface area contributed by atoms with Crippen LogP contribution in [0.2, 0.25) is 0 Å². The van der Waals surface area contributed by atoms with Crippen molar-refractivity contribution in [3.8, 4) is 5.75 Å². The Hall–Kier alpha value is -1.04. The number of hydrogen-bond donors (Lipinski definition) is 1. The predicted octanol–water partition coefficient (Wildman–Crippen LogP) is 2.84. The maximum absolute atomic E-state index is 12.1. The summed E-state index contributed by atoms with van der Waals surface area (Å²) in [7, 11) is 1.62. The molecule has 0 radical (unpaired) electrons. The van der Waals surface area contributed by atoms with Crippen molar-refractivity contribution in [3.05, 3.63) is 34.3 Å². The Bertz CT molecular complexity index is 514. The third-order valence-corrected chi connectivity index (χ3v) is 3.94. The van der Waals surface area contributed by atoms with Crippen molar-refractivity contribution in [3.63, 3.8) is 0 Å². The van der Waals surface area contributed by atoms with Gasteiger partial charge < -0.3 is 15.4 Å². The lowest BCUT2D eigenvalue weighted by Crippen LogP contribution is -2.42. The van der Waals surface area contributed by atoms with Crippen LogP contribution in [0.3, 0.4) is 0 Å². The van der Waals surface area contributed by atoms with Crippen LogP contribution in [0.15, 0.2) is 28.7 Å². The fraction of sp³-hybridized carbons (Fsp3) is 0.400. The van der Waals surface area contributed by atoms with Gasteiger partial charge in [-0.2, -0.15) is 0 Å². The molecule has 0 saturated carbocycles. The molecule has 1 amide bonds. The van der Waals surface area contributed by atoms with Crippen molar-refractivity contribution in [1.29, 1.82) is 0 Å².